The number of esters is 1. The van der Waals surface area contributed by atoms with Crippen LogP contribution in [0.15, 0.2) is 24.4 Å². The third-order valence-electron chi connectivity index (χ3n) is 1.30. The Labute approximate surface area is 91.3 Å². The number of carbonyl (C=O) groups is 1. The lowest BCUT2D eigenvalue weighted by molar-refractivity contribution is -0.141. The maximum Gasteiger partial charge on any atom is 0.433 e. The van der Waals surface area contributed by atoms with Gasteiger partial charge in [0.1, 0.15) is 5.69 Å². The Morgan fingerprint density at radius 3 is 2.25 bits per heavy atom. The summed E-state index contributed by atoms with van der Waals surface area (Å²) in [6.45, 7) is 3.65. The number of hydrogen-bond donors (Lipinski definition) is 0. The SMILES string of the molecule is CCOC(C)=O.FC(F)(F)c1ccccn1. The first-order valence-electron chi connectivity index (χ1n) is 4.49. The van der Waals surface area contributed by atoms with Crippen molar-refractivity contribution in [1.82, 2.24) is 4.98 Å². The predicted molar refractivity (Wildman–Crippen MR) is 51.5 cm³/mol. The predicted octanol–water partition coefficient (Wildman–Crippen LogP) is 2.67. The molecule has 0 spiro atoms. The highest BCUT2D eigenvalue weighted by Gasteiger charge is 2.31. The Bertz CT molecular complexity index is 312. The summed E-state index contributed by atoms with van der Waals surface area (Å²) < 4.78 is 39.6. The van der Waals surface area contributed by atoms with Crippen LogP contribution in [0.3, 0.4) is 0 Å². The molecule has 0 saturated carbocycles. The van der Waals surface area contributed by atoms with Crippen LogP contribution in [0.2, 0.25) is 0 Å². The van der Waals surface area contributed by atoms with Crippen molar-refractivity contribution in [3.63, 3.8) is 0 Å². The number of hydrogen-bond acceptors (Lipinski definition) is 3. The van der Waals surface area contributed by atoms with Gasteiger partial charge in [0.2, 0.25) is 0 Å². The second-order valence-electron chi connectivity index (χ2n) is 2.64. The van der Waals surface area contributed by atoms with Crippen molar-refractivity contribution in [2.45, 2.75) is 20.0 Å². The summed E-state index contributed by atoms with van der Waals surface area (Å²) in [7, 11) is 0. The van der Waals surface area contributed by atoms with Gasteiger partial charge >= 0.3 is 12.1 Å². The van der Waals surface area contributed by atoms with Gasteiger partial charge in [-0.25, -0.2) is 0 Å². The third kappa shape index (κ3) is 6.80. The normalized spacial score (nSPS) is 10.1. The Morgan fingerprint density at radius 1 is 1.44 bits per heavy atom. The van der Waals surface area contributed by atoms with E-state index in [-0.39, 0.29) is 5.97 Å². The lowest BCUT2D eigenvalue weighted by Gasteiger charge is -2.02. The van der Waals surface area contributed by atoms with Crippen LogP contribution in [0.5, 0.6) is 0 Å². The molecule has 0 radical (unpaired) electrons. The Kier molecular flexibility index (Phi) is 6.14. The van der Waals surface area contributed by atoms with Crippen LogP contribution in [-0.2, 0) is 15.7 Å². The zero-order valence-electron chi connectivity index (χ0n) is 8.91. The summed E-state index contributed by atoms with van der Waals surface area (Å²) in [5.74, 6) is -0.211. The van der Waals surface area contributed by atoms with Gasteiger partial charge in [-0.1, -0.05) is 6.07 Å². The van der Waals surface area contributed by atoms with Gasteiger partial charge in [0.05, 0.1) is 6.61 Å². The summed E-state index contributed by atoms with van der Waals surface area (Å²) in [6, 6.07) is 3.67. The summed E-state index contributed by atoms with van der Waals surface area (Å²) >= 11 is 0. The molecule has 0 bridgehead atoms. The van der Waals surface area contributed by atoms with Gasteiger partial charge in [0.25, 0.3) is 0 Å². The van der Waals surface area contributed by atoms with Gasteiger partial charge in [-0.15, -0.1) is 0 Å². The smallest absolute Gasteiger partial charge is 0.433 e. The van der Waals surface area contributed by atoms with Crippen molar-refractivity contribution >= 4 is 5.97 Å². The summed E-state index contributed by atoms with van der Waals surface area (Å²) in [4.78, 5) is 12.9. The minimum absolute atomic E-state index is 0.211. The second kappa shape index (κ2) is 6.81. The van der Waals surface area contributed by atoms with E-state index < -0.39 is 11.9 Å². The monoisotopic (exact) mass is 235 g/mol. The van der Waals surface area contributed by atoms with E-state index in [0.717, 1.165) is 12.3 Å². The quantitative estimate of drug-likeness (QED) is 0.702. The van der Waals surface area contributed by atoms with Gasteiger partial charge in [-0.2, -0.15) is 13.2 Å². The van der Waals surface area contributed by atoms with Gasteiger partial charge in [0.15, 0.2) is 0 Å². The molecule has 0 amide bonds. The molecule has 0 fully saturated rings. The molecule has 6 heteroatoms. The molecular weight excluding hydrogens is 223 g/mol. The number of carbonyl (C=O) groups excluding carboxylic acids is 1. The molecule has 3 nitrogen and oxygen atoms in total. The highest BCUT2D eigenvalue weighted by Crippen LogP contribution is 2.26. The van der Waals surface area contributed by atoms with Gasteiger partial charge < -0.3 is 4.74 Å². The van der Waals surface area contributed by atoms with E-state index in [1.54, 1.807) is 6.92 Å². The number of nitrogens with zero attached hydrogens (tertiary/aromatic N) is 1. The Hall–Kier alpha value is -1.59. The van der Waals surface area contributed by atoms with Gasteiger partial charge in [0, 0.05) is 13.1 Å². The van der Waals surface area contributed by atoms with Crippen LogP contribution >= 0.6 is 0 Å². The lowest BCUT2D eigenvalue weighted by Crippen LogP contribution is -2.06. The van der Waals surface area contributed by atoms with E-state index in [0.29, 0.717) is 6.61 Å². The highest BCUT2D eigenvalue weighted by atomic mass is 19.4. The maximum atomic E-state index is 11.7. The largest absolute Gasteiger partial charge is 0.466 e. The molecule has 0 saturated heterocycles. The van der Waals surface area contributed by atoms with Crippen LogP contribution in [0.4, 0.5) is 13.2 Å². The first-order valence-corrected chi connectivity index (χ1v) is 4.49. The van der Waals surface area contributed by atoms with Crippen molar-refractivity contribution in [2.24, 2.45) is 0 Å². The number of alkyl halides is 3. The molecule has 1 aromatic heterocycles. The highest BCUT2D eigenvalue weighted by molar-refractivity contribution is 5.65. The standard InChI is InChI=1S/C6H4F3N.C4H8O2/c7-6(8,9)5-3-1-2-4-10-5;1-3-6-4(2)5/h1-4H;3H2,1-2H3. The maximum absolute atomic E-state index is 11.7. The van der Waals surface area contributed by atoms with Crippen LogP contribution in [-0.4, -0.2) is 17.6 Å². The number of rotatable bonds is 1. The molecule has 0 atom stereocenters. The molecular formula is C10H12F3NO2. The zero-order chi connectivity index (χ0) is 12.6. The van der Waals surface area contributed by atoms with E-state index >= 15 is 0 Å². The van der Waals surface area contributed by atoms with Crippen LogP contribution in [0.1, 0.15) is 19.5 Å². The molecule has 0 N–H and O–H groups in total. The van der Waals surface area contributed by atoms with E-state index in [1.807, 2.05) is 0 Å². The number of aromatic nitrogens is 1. The van der Waals surface area contributed by atoms with Gasteiger partial charge in [-0.05, 0) is 19.1 Å². The van der Waals surface area contributed by atoms with Gasteiger partial charge in [-0.3, -0.25) is 9.78 Å². The summed E-state index contributed by atoms with van der Waals surface area (Å²) in [5.41, 5.74) is -0.852. The van der Waals surface area contributed by atoms with Crippen LogP contribution in [0, 0.1) is 0 Å². The Morgan fingerprint density at radius 2 is 2.06 bits per heavy atom. The zero-order valence-corrected chi connectivity index (χ0v) is 8.91. The van der Waals surface area contributed by atoms with Crippen molar-refractivity contribution in [1.29, 1.82) is 0 Å². The summed E-state index contributed by atoms with van der Waals surface area (Å²) in [6.07, 6.45) is -3.20. The number of pyridine rings is 1. The van der Waals surface area contributed by atoms with E-state index in [9.17, 15) is 18.0 Å². The molecule has 90 valence electrons. The molecule has 1 aromatic rings. The molecule has 1 heterocycles. The van der Waals surface area contributed by atoms with Crippen molar-refractivity contribution in [2.75, 3.05) is 6.61 Å². The first-order chi connectivity index (χ1) is 7.38. The molecule has 16 heavy (non-hydrogen) atoms. The minimum atomic E-state index is -4.32. The lowest BCUT2D eigenvalue weighted by atomic mass is 10.3. The molecule has 1 rings (SSSR count). The molecule has 0 unspecified atom stereocenters. The fourth-order valence-electron chi connectivity index (χ4n) is 0.734. The molecule has 0 aromatic carbocycles. The average molecular weight is 235 g/mol. The third-order valence-corrected chi connectivity index (χ3v) is 1.30. The Balaban J connectivity index is 0.000000325. The van der Waals surface area contributed by atoms with Crippen molar-refractivity contribution in [3.05, 3.63) is 30.1 Å². The van der Waals surface area contributed by atoms with E-state index in [4.69, 9.17) is 0 Å². The fourth-order valence-corrected chi connectivity index (χ4v) is 0.734. The second-order valence-corrected chi connectivity index (χ2v) is 2.64. The molecule has 0 aliphatic heterocycles. The van der Waals surface area contributed by atoms with Crippen LogP contribution in [0.25, 0.3) is 0 Å². The van der Waals surface area contributed by atoms with E-state index in [1.165, 1.54) is 19.1 Å². The fraction of sp³-hybridized carbons (Fsp3) is 0.400. The molecule has 0 aliphatic rings. The molecule has 0 aliphatic carbocycles. The number of halogens is 3. The first kappa shape index (κ1) is 14.4. The minimum Gasteiger partial charge on any atom is -0.466 e. The van der Waals surface area contributed by atoms with Crippen molar-refractivity contribution < 1.29 is 22.7 Å². The summed E-state index contributed by atoms with van der Waals surface area (Å²) in [5, 5.41) is 0. The van der Waals surface area contributed by atoms with E-state index in [2.05, 4.69) is 9.72 Å². The van der Waals surface area contributed by atoms with Crippen LogP contribution < -0.4 is 0 Å². The average Bonchev–Trinajstić information content (AvgIpc) is 2.18. The van der Waals surface area contributed by atoms with Crippen molar-refractivity contribution in [3.8, 4) is 0 Å². The topological polar surface area (TPSA) is 39.2 Å². The number of ether oxygens (including phenoxy) is 1.